The maximum Gasteiger partial charge on any atom is 0.0822 e. The van der Waals surface area contributed by atoms with Crippen molar-refractivity contribution in [1.82, 2.24) is 10.3 Å². The molecule has 1 aliphatic rings. The molecule has 1 radical (unpaired) electrons. The minimum Gasteiger partial charge on any atom is -0.368 e. The number of rotatable bonds is 1. The van der Waals surface area contributed by atoms with E-state index in [1.54, 1.807) is 12.4 Å². The van der Waals surface area contributed by atoms with Crippen molar-refractivity contribution in [3.8, 4) is 0 Å². The molecule has 3 nitrogen and oxygen atoms in total. The second-order valence-corrected chi connectivity index (χ2v) is 3.39. The Labute approximate surface area is 82.7 Å². The van der Waals surface area contributed by atoms with Crippen LogP contribution in [0.3, 0.4) is 0 Å². The molecule has 0 saturated carbocycles. The van der Waals surface area contributed by atoms with Crippen LogP contribution < -0.4 is 10.2 Å². The summed E-state index contributed by atoms with van der Waals surface area (Å²) in [4.78, 5) is 6.20. The van der Waals surface area contributed by atoms with Gasteiger partial charge >= 0.3 is 0 Å². The predicted octanol–water partition coefficient (Wildman–Crippen LogP) is 1.16. The lowest BCUT2D eigenvalue weighted by atomic mass is 10.3. The molecule has 0 aromatic carbocycles. The van der Waals surface area contributed by atoms with Gasteiger partial charge in [0.2, 0.25) is 0 Å². The molecule has 2 rings (SSSR count). The van der Waals surface area contributed by atoms with E-state index in [1.807, 2.05) is 6.07 Å². The Morgan fingerprint density at radius 1 is 1.31 bits per heavy atom. The Morgan fingerprint density at radius 2 is 2.08 bits per heavy atom. The van der Waals surface area contributed by atoms with Crippen LogP contribution >= 0.6 is 11.6 Å². The third kappa shape index (κ3) is 1.92. The van der Waals surface area contributed by atoms with E-state index in [4.69, 9.17) is 11.6 Å². The zero-order valence-electron chi connectivity index (χ0n) is 7.28. The molecule has 1 aromatic heterocycles. The fourth-order valence-electron chi connectivity index (χ4n) is 1.47. The number of aromatic nitrogens is 1. The molecule has 0 atom stereocenters. The highest BCUT2D eigenvalue weighted by molar-refractivity contribution is 6.33. The van der Waals surface area contributed by atoms with E-state index in [9.17, 15) is 0 Å². The predicted molar refractivity (Wildman–Crippen MR) is 53.3 cm³/mol. The number of hydrogen-bond acceptors (Lipinski definition) is 2. The number of piperazine rings is 1. The molecule has 0 bridgehead atoms. The fraction of sp³-hybridized carbons (Fsp3) is 0.444. The summed E-state index contributed by atoms with van der Waals surface area (Å²) < 4.78 is 0. The Hall–Kier alpha value is -0.800. The largest absolute Gasteiger partial charge is 0.368 e. The molecule has 13 heavy (non-hydrogen) atoms. The number of halogens is 1. The Morgan fingerprint density at radius 3 is 2.77 bits per heavy atom. The van der Waals surface area contributed by atoms with E-state index in [2.05, 4.69) is 15.2 Å². The minimum atomic E-state index is 0.726. The van der Waals surface area contributed by atoms with Gasteiger partial charge in [-0.05, 0) is 6.07 Å². The van der Waals surface area contributed by atoms with Gasteiger partial charge in [0, 0.05) is 38.6 Å². The average molecular weight is 197 g/mol. The van der Waals surface area contributed by atoms with Crippen LogP contribution in [0.5, 0.6) is 0 Å². The summed E-state index contributed by atoms with van der Waals surface area (Å²) in [6.45, 7) is 3.73. The Kier molecular flexibility index (Phi) is 2.66. The third-order valence-electron chi connectivity index (χ3n) is 2.15. The number of pyridine rings is 1. The molecular formula is C9H11ClN3. The first kappa shape index (κ1) is 8.78. The molecule has 0 spiro atoms. The van der Waals surface area contributed by atoms with Gasteiger partial charge in [-0.15, -0.1) is 0 Å². The summed E-state index contributed by atoms with van der Waals surface area (Å²) in [5.74, 6) is 0. The normalized spacial score (nSPS) is 17.5. The second kappa shape index (κ2) is 3.94. The summed E-state index contributed by atoms with van der Waals surface area (Å²) in [6, 6.07) is 1.95. The summed E-state index contributed by atoms with van der Waals surface area (Å²) in [7, 11) is 0. The van der Waals surface area contributed by atoms with E-state index in [1.165, 1.54) is 0 Å². The highest BCUT2D eigenvalue weighted by Crippen LogP contribution is 2.23. The average Bonchev–Trinajstić information content (AvgIpc) is 2.20. The van der Waals surface area contributed by atoms with Crippen molar-refractivity contribution < 1.29 is 0 Å². The molecule has 2 heterocycles. The first-order chi connectivity index (χ1) is 6.38. The van der Waals surface area contributed by atoms with Crippen LogP contribution in [-0.4, -0.2) is 31.2 Å². The number of hydrogen-bond donors (Lipinski definition) is 0. The summed E-state index contributed by atoms with van der Waals surface area (Å²) in [5.41, 5.74) is 1.08. The first-order valence-electron chi connectivity index (χ1n) is 4.35. The van der Waals surface area contributed by atoms with Crippen molar-refractivity contribution in [3.63, 3.8) is 0 Å². The van der Waals surface area contributed by atoms with E-state index >= 15 is 0 Å². The molecule has 0 aliphatic carbocycles. The van der Waals surface area contributed by atoms with Gasteiger partial charge in [-0.2, -0.15) is 0 Å². The maximum atomic E-state index is 6.02. The minimum absolute atomic E-state index is 0.726. The van der Waals surface area contributed by atoms with Crippen molar-refractivity contribution in [2.45, 2.75) is 0 Å². The molecule has 0 unspecified atom stereocenters. The van der Waals surface area contributed by atoms with Crippen LogP contribution in [0.4, 0.5) is 5.69 Å². The molecule has 1 fully saturated rings. The van der Waals surface area contributed by atoms with E-state index in [-0.39, 0.29) is 0 Å². The molecule has 4 heteroatoms. The Balaban J connectivity index is 2.18. The third-order valence-corrected chi connectivity index (χ3v) is 2.44. The highest BCUT2D eigenvalue weighted by Gasteiger charge is 2.13. The van der Waals surface area contributed by atoms with Crippen molar-refractivity contribution in [2.24, 2.45) is 0 Å². The van der Waals surface area contributed by atoms with E-state index in [0.29, 0.717) is 0 Å². The van der Waals surface area contributed by atoms with Gasteiger partial charge in [0.05, 0.1) is 10.7 Å². The summed E-state index contributed by atoms with van der Waals surface area (Å²) in [6.07, 6.45) is 3.45. The Bertz CT molecular complexity index is 284. The molecule has 0 N–H and O–H groups in total. The van der Waals surface area contributed by atoms with Gasteiger partial charge in [-0.3, -0.25) is 4.98 Å². The van der Waals surface area contributed by atoms with Crippen molar-refractivity contribution in [3.05, 3.63) is 23.5 Å². The SMILES string of the molecule is Clc1cnccc1N1CC[N]CC1. The standard InChI is InChI=1S/C9H11ClN3/c10-8-7-12-2-1-9(8)13-5-3-11-4-6-13/h1-2,7H,3-6H2. The van der Waals surface area contributed by atoms with Gasteiger partial charge in [0.1, 0.15) is 0 Å². The zero-order chi connectivity index (χ0) is 9.10. The van der Waals surface area contributed by atoms with E-state index < -0.39 is 0 Å². The van der Waals surface area contributed by atoms with Gasteiger partial charge in [0.25, 0.3) is 0 Å². The number of nitrogens with zero attached hydrogens (tertiary/aromatic N) is 3. The monoisotopic (exact) mass is 196 g/mol. The van der Waals surface area contributed by atoms with Gasteiger partial charge in [-0.25, -0.2) is 5.32 Å². The van der Waals surface area contributed by atoms with Crippen molar-refractivity contribution in [1.29, 1.82) is 0 Å². The van der Waals surface area contributed by atoms with Gasteiger partial charge < -0.3 is 4.90 Å². The fourth-order valence-corrected chi connectivity index (χ4v) is 1.71. The second-order valence-electron chi connectivity index (χ2n) is 2.98. The summed E-state index contributed by atoms with van der Waals surface area (Å²) >= 11 is 6.02. The van der Waals surface area contributed by atoms with E-state index in [0.717, 1.165) is 36.9 Å². The molecule has 69 valence electrons. The van der Waals surface area contributed by atoms with Crippen LogP contribution in [0.15, 0.2) is 18.5 Å². The quantitative estimate of drug-likeness (QED) is 0.675. The molecule has 0 amide bonds. The molecule has 1 aliphatic heterocycles. The highest BCUT2D eigenvalue weighted by atomic mass is 35.5. The van der Waals surface area contributed by atoms with Crippen LogP contribution in [-0.2, 0) is 0 Å². The van der Waals surface area contributed by atoms with Crippen molar-refractivity contribution in [2.75, 3.05) is 31.1 Å². The van der Waals surface area contributed by atoms with Crippen molar-refractivity contribution >= 4 is 17.3 Å². The first-order valence-corrected chi connectivity index (χ1v) is 4.73. The smallest absolute Gasteiger partial charge is 0.0822 e. The lowest BCUT2D eigenvalue weighted by Gasteiger charge is -2.28. The lowest BCUT2D eigenvalue weighted by Crippen LogP contribution is -2.40. The van der Waals surface area contributed by atoms with Crippen LogP contribution in [0.1, 0.15) is 0 Å². The summed E-state index contributed by atoms with van der Waals surface area (Å²) in [5, 5.41) is 5.01. The molecular weight excluding hydrogens is 186 g/mol. The van der Waals surface area contributed by atoms with Gasteiger partial charge in [0.15, 0.2) is 0 Å². The topological polar surface area (TPSA) is 30.2 Å². The lowest BCUT2D eigenvalue weighted by molar-refractivity contribution is 0.579. The number of anilines is 1. The molecule has 1 aromatic rings. The van der Waals surface area contributed by atoms with Crippen LogP contribution in [0.25, 0.3) is 0 Å². The maximum absolute atomic E-state index is 6.02. The van der Waals surface area contributed by atoms with Crippen LogP contribution in [0.2, 0.25) is 5.02 Å². The molecule has 1 saturated heterocycles. The van der Waals surface area contributed by atoms with Gasteiger partial charge in [-0.1, -0.05) is 11.6 Å². The van der Waals surface area contributed by atoms with Crippen LogP contribution in [0, 0.1) is 0 Å². The zero-order valence-corrected chi connectivity index (χ0v) is 8.04.